The van der Waals surface area contributed by atoms with E-state index in [-0.39, 0.29) is 0 Å². The van der Waals surface area contributed by atoms with E-state index in [2.05, 4.69) is 6.07 Å². The average molecular weight is 290 g/mol. The highest BCUT2D eigenvalue weighted by atomic mass is 35.5. The van der Waals surface area contributed by atoms with Gasteiger partial charge in [-0.15, -0.1) is 0 Å². The van der Waals surface area contributed by atoms with Gasteiger partial charge in [0.15, 0.2) is 0 Å². The molecule has 0 radical (unpaired) electrons. The summed E-state index contributed by atoms with van der Waals surface area (Å²) in [5, 5.41) is 0.547. The van der Waals surface area contributed by atoms with Crippen LogP contribution in [0.4, 0.5) is 5.69 Å². The van der Waals surface area contributed by atoms with Crippen LogP contribution < -0.4 is 15.2 Å². The van der Waals surface area contributed by atoms with Gasteiger partial charge in [0.1, 0.15) is 11.5 Å². The maximum absolute atomic E-state index is 6.12. The molecular formula is C16H16ClNO2. The standard InChI is InChI=1S/C16H16ClNO2/c17-14-9-12(18)5-6-16(14)20-10-11-7-8-19-15-4-2-1-3-13(11)15/h1-6,9,11H,7-8,10,18H2. The van der Waals surface area contributed by atoms with Gasteiger partial charge in [-0.1, -0.05) is 29.8 Å². The Morgan fingerprint density at radius 2 is 2.10 bits per heavy atom. The minimum atomic E-state index is 0.327. The molecule has 0 amide bonds. The maximum Gasteiger partial charge on any atom is 0.138 e. The van der Waals surface area contributed by atoms with Gasteiger partial charge in [-0.25, -0.2) is 0 Å². The third kappa shape index (κ3) is 2.68. The zero-order valence-electron chi connectivity index (χ0n) is 11.0. The number of anilines is 1. The van der Waals surface area contributed by atoms with E-state index >= 15 is 0 Å². The lowest BCUT2D eigenvalue weighted by atomic mass is 9.94. The van der Waals surface area contributed by atoms with Crippen LogP contribution in [0.1, 0.15) is 17.9 Å². The second kappa shape index (κ2) is 5.63. The van der Waals surface area contributed by atoms with Crippen molar-refractivity contribution in [2.24, 2.45) is 0 Å². The van der Waals surface area contributed by atoms with Crippen molar-refractivity contribution in [3.8, 4) is 11.5 Å². The molecule has 0 aromatic heterocycles. The SMILES string of the molecule is Nc1ccc(OCC2CCOc3ccccc32)c(Cl)c1. The second-order valence-corrected chi connectivity index (χ2v) is 5.28. The van der Waals surface area contributed by atoms with Crippen LogP contribution >= 0.6 is 11.6 Å². The molecule has 3 rings (SSSR count). The van der Waals surface area contributed by atoms with Crippen LogP contribution in [0, 0.1) is 0 Å². The summed E-state index contributed by atoms with van der Waals surface area (Å²) >= 11 is 6.12. The fourth-order valence-corrected chi connectivity index (χ4v) is 2.66. The van der Waals surface area contributed by atoms with E-state index in [1.54, 1.807) is 12.1 Å². The van der Waals surface area contributed by atoms with Crippen LogP contribution in [0.3, 0.4) is 0 Å². The first kappa shape index (κ1) is 13.1. The number of benzene rings is 2. The molecule has 0 aliphatic carbocycles. The first-order valence-electron chi connectivity index (χ1n) is 6.63. The molecule has 1 aliphatic rings. The van der Waals surface area contributed by atoms with Crippen LogP contribution in [0.5, 0.6) is 11.5 Å². The van der Waals surface area contributed by atoms with E-state index in [1.165, 1.54) is 5.56 Å². The Morgan fingerprint density at radius 1 is 1.25 bits per heavy atom. The summed E-state index contributed by atoms with van der Waals surface area (Å²) < 4.78 is 11.5. The monoisotopic (exact) mass is 289 g/mol. The number of para-hydroxylation sites is 1. The van der Waals surface area contributed by atoms with Crippen molar-refractivity contribution in [3.63, 3.8) is 0 Å². The lowest BCUT2D eigenvalue weighted by molar-refractivity contribution is 0.217. The number of nitrogen functional groups attached to an aromatic ring is 1. The van der Waals surface area contributed by atoms with E-state index in [0.717, 1.165) is 18.8 Å². The minimum Gasteiger partial charge on any atom is -0.493 e. The van der Waals surface area contributed by atoms with Gasteiger partial charge >= 0.3 is 0 Å². The van der Waals surface area contributed by atoms with Crippen molar-refractivity contribution in [1.82, 2.24) is 0 Å². The molecule has 0 bridgehead atoms. The molecule has 0 saturated heterocycles. The third-order valence-corrected chi connectivity index (χ3v) is 3.77. The molecule has 104 valence electrons. The predicted molar refractivity (Wildman–Crippen MR) is 80.7 cm³/mol. The summed E-state index contributed by atoms with van der Waals surface area (Å²) in [7, 11) is 0. The molecule has 20 heavy (non-hydrogen) atoms. The van der Waals surface area contributed by atoms with Crippen LogP contribution in [0.25, 0.3) is 0 Å². The van der Waals surface area contributed by atoms with E-state index in [0.29, 0.717) is 29.0 Å². The Bertz CT molecular complexity index is 615. The van der Waals surface area contributed by atoms with Crippen molar-refractivity contribution in [2.45, 2.75) is 12.3 Å². The number of rotatable bonds is 3. The Hall–Kier alpha value is -1.87. The number of fused-ring (bicyclic) bond motifs is 1. The lowest BCUT2D eigenvalue weighted by Crippen LogP contribution is -2.19. The Labute approximate surface area is 123 Å². The molecule has 2 aromatic rings. The quantitative estimate of drug-likeness (QED) is 0.873. The van der Waals surface area contributed by atoms with Crippen molar-refractivity contribution in [3.05, 3.63) is 53.1 Å². The molecule has 0 fully saturated rings. The van der Waals surface area contributed by atoms with E-state index < -0.39 is 0 Å². The molecule has 2 aromatic carbocycles. The van der Waals surface area contributed by atoms with Crippen LogP contribution in [-0.2, 0) is 0 Å². The summed E-state index contributed by atoms with van der Waals surface area (Å²) in [5.74, 6) is 1.95. The maximum atomic E-state index is 6.12. The highest BCUT2D eigenvalue weighted by Crippen LogP contribution is 2.34. The average Bonchev–Trinajstić information content (AvgIpc) is 2.46. The van der Waals surface area contributed by atoms with Gasteiger partial charge in [-0.05, 0) is 30.7 Å². The third-order valence-electron chi connectivity index (χ3n) is 3.48. The van der Waals surface area contributed by atoms with Crippen LogP contribution in [0.15, 0.2) is 42.5 Å². The summed E-state index contributed by atoms with van der Waals surface area (Å²) in [5.41, 5.74) is 7.51. The van der Waals surface area contributed by atoms with E-state index in [9.17, 15) is 0 Å². The van der Waals surface area contributed by atoms with Gasteiger partial charge in [0.05, 0.1) is 18.2 Å². The number of nitrogens with two attached hydrogens (primary N) is 1. The molecule has 2 N–H and O–H groups in total. The van der Waals surface area contributed by atoms with E-state index in [4.69, 9.17) is 26.8 Å². The fraction of sp³-hybridized carbons (Fsp3) is 0.250. The van der Waals surface area contributed by atoms with Gasteiger partial charge in [0.2, 0.25) is 0 Å². The van der Waals surface area contributed by atoms with E-state index in [1.807, 2.05) is 24.3 Å². The van der Waals surface area contributed by atoms with Gasteiger partial charge < -0.3 is 15.2 Å². The molecule has 4 heteroatoms. The van der Waals surface area contributed by atoms with Gasteiger partial charge in [0.25, 0.3) is 0 Å². The summed E-state index contributed by atoms with van der Waals surface area (Å²) in [6, 6.07) is 13.4. The number of hydrogen-bond donors (Lipinski definition) is 1. The van der Waals surface area contributed by atoms with Crippen LogP contribution in [-0.4, -0.2) is 13.2 Å². The Morgan fingerprint density at radius 3 is 2.95 bits per heavy atom. The normalized spacial score (nSPS) is 17.1. The zero-order chi connectivity index (χ0) is 13.9. The fourth-order valence-electron chi connectivity index (χ4n) is 2.41. The second-order valence-electron chi connectivity index (χ2n) is 4.87. The van der Waals surface area contributed by atoms with Crippen molar-refractivity contribution in [1.29, 1.82) is 0 Å². The molecule has 1 atom stereocenters. The van der Waals surface area contributed by atoms with Crippen molar-refractivity contribution >= 4 is 17.3 Å². The van der Waals surface area contributed by atoms with Crippen molar-refractivity contribution < 1.29 is 9.47 Å². The number of hydrogen-bond acceptors (Lipinski definition) is 3. The first-order valence-corrected chi connectivity index (χ1v) is 7.01. The number of ether oxygens (including phenoxy) is 2. The van der Waals surface area contributed by atoms with Crippen molar-refractivity contribution in [2.75, 3.05) is 18.9 Å². The highest BCUT2D eigenvalue weighted by molar-refractivity contribution is 6.32. The zero-order valence-corrected chi connectivity index (χ0v) is 11.8. The van der Waals surface area contributed by atoms with Crippen LogP contribution in [0.2, 0.25) is 5.02 Å². The molecular weight excluding hydrogens is 274 g/mol. The molecule has 0 saturated carbocycles. The summed E-state index contributed by atoms with van der Waals surface area (Å²) in [4.78, 5) is 0. The molecule has 3 nitrogen and oxygen atoms in total. The smallest absolute Gasteiger partial charge is 0.138 e. The Balaban J connectivity index is 1.73. The largest absolute Gasteiger partial charge is 0.493 e. The topological polar surface area (TPSA) is 44.5 Å². The Kier molecular flexibility index (Phi) is 3.70. The minimum absolute atomic E-state index is 0.327. The highest BCUT2D eigenvalue weighted by Gasteiger charge is 2.21. The lowest BCUT2D eigenvalue weighted by Gasteiger charge is -2.26. The molecule has 1 unspecified atom stereocenters. The summed E-state index contributed by atoms with van der Waals surface area (Å²) in [6.45, 7) is 1.31. The number of halogens is 1. The predicted octanol–water partition coefficient (Wildman–Crippen LogP) is 3.87. The molecule has 1 aliphatic heterocycles. The van der Waals surface area contributed by atoms with Gasteiger partial charge in [-0.3, -0.25) is 0 Å². The van der Waals surface area contributed by atoms with Gasteiger partial charge in [-0.2, -0.15) is 0 Å². The molecule has 0 spiro atoms. The summed E-state index contributed by atoms with van der Waals surface area (Å²) in [6.07, 6.45) is 0.948. The molecule has 1 heterocycles. The van der Waals surface area contributed by atoms with Gasteiger partial charge in [0, 0.05) is 17.2 Å². The first-order chi connectivity index (χ1) is 9.74.